The Bertz CT molecular complexity index is 412. The van der Waals surface area contributed by atoms with Crippen LogP contribution in [0.1, 0.15) is 23.7 Å². The molecule has 0 aliphatic rings. The molecule has 0 radical (unpaired) electrons. The Morgan fingerprint density at radius 3 is 3.07 bits per heavy atom. The summed E-state index contributed by atoms with van der Waals surface area (Å²) in [7, 11) is 0. The second-order valence-electron chi connectivity index (χ2n) is 3.08. The van der Waals surface area contributed by atoms with E-state index in [2.05, 4.69) is 47.9 Å². The highest BCUT2D eigenvalue weighted by Gasteiger charge is 2.09. The SMILES string of the molecule is CC(NCc1ccc(Br)s1)c1nn[nH]n1. The zero-order valence-electron chi connectivity index (χ0n) is 8.07. The summed E-state index contributed by atoms with van der Waals surface area (Å²) in [5.74, 6) is 0.686. The standard InChI is InChI=1S/C8H10BrN5S/c1-5(8-11-13-14-12-8)10-4-6-2-3-7(9)15-6/h2-3,5,10H,4H2,1H3,(H,11,12,13,14). The van der Waals surface area contributed by atoms with E-state index in [0.717, 1.165) is 10.3 Å². The number of tetrazole rings is 1. The molecule has 0 saturated carbocycles. The van der Waals surface area contributed by atoms with Crippen LogP contribution in [0.3, 0.4) is 0 Å². The smallest absolute Gasteiger partial charge is 0.191 e. The Balaban J connectivity index is 1.88. The molecule has 0 amide bonds. The van der Waals surface area contributed by atoms with Crippen molar-refractivity contribution in [2.24, 2.45) is 0 Å². The van der Waals surface area contributed by atoms with Gasteiger partial charge in [-0.25, -0.2) is 0 Å². The van der Waals surface area contributed by atoms with Gasteiger partial charge in [-0.15, -0.1) is 21.5 Å². The molecule has 2 N–H and O–H groups in total. The number of H-pyrrole nitrogens is 1. The van der Waals surface area contributed by atoms with E-state index in [1.807, 2.05) is 13.0 Å². The van der Waals surface area contributed by atoms with Crippen molar-refractivity contribution in [3.63, 3.8) is 0 Å². The molecular weight excluding hydrogens is 278 g/mol. The van der Waals surface area contributed by atoms with Crippen molar-refractivity contribution in [3.05, 3.63) is 26.6 Å². The molecule has 2 aromatic heterocycles. The van der Waals surface area contributed by atoms with Gasteiger partial charge in [-0.05, 0) is 35.0 Å². The summed E-state index contributed by atoms with van der Waals surface area (Å²) in [4.78, 5) is 1.28. The van der Waals surface area contributed by atoms with Crippen LogP contribution in [0.25, 0.3) is 0 Å². The maximum absolute atomic E-state index is 3.92. The van der Waals surface area contributed by atoms with E-state index < -0.39 is 0 Å². The van der Waals surface area contributed by atoms with Crippen molar-refractivity contribution in [3.8, 4) is 0 Å². The van der Waals surface area contributed by atoms with Gasteiger partial charge in [0.05, 0.1) is 9.83 Å². The van der Waals surface area contributed by atoms with Crippen molar-refractivity contribution in [2.75, 3.05) is 0 Å². The minimum atomic E-state index is 0.102. The number of nitrogens with zero attached hydrogens (tertiary/aromatic N) is 3. The fraction of sp³-hybridized carbons (Fsp3) is 0.375. The van der Waals surface area contributed by atoms with Gasteiger partial charge in [-0.3, -0.25) is 0 Å². The van der Waals surface area contributed by atoms with Crippen molar-refractivity contribution < 1.29 is 0 Å². The molecule has 1 atom stereocenters. The van der Waals surface area contributed by atoms with E-state index in [9.17, 15) is 0 Å². The predicted octanol–water partition coefficient (Wildman–Crippen LogP) is 1.87. The van der Waals surface area contributed by atoms with Crippen molar-refractivity contribution >= 4 is 27.3 Å². The van der Waals surface area contributed by atoms with Crippen LogP contribution in [-0.2, 0) is 6.54 Å². The molecule has 80 valence electrons. The topological polar surface area (TPSA) is 66.5 Å². The number of thiophene rings is 1. The van der Waals surface area contributed by atoms with Gasteiger partial charge in [0.15, 0.2) is 5.82 Å². The van der Waals surface area contributed by atoms with Crippen molar-refractivity contribution in [2.45, 2.75) is 19.5 Å². The molecule has 0 bridgehead atoms. The number of hydrogen-bond donors (Lipinski definition) is 2. The first kappa shape index (κ1) is 10.7. The zero-order chi connectivity index (χ0) is 10.7. The van der Waals surface area contributed by atoms with E-state index in [0.29, 0.717) is 5.82 Å². The third-order valence-electron chi connectivity index (χ3n) is 1.96. The first-order valence-electron chi connectivity index (χ1n) is 4.46. The second kappa shape index (κ2) is 4.82. The highest BCUT2D eigenvalue weighted by molar-refractivity contribution is 9.11. The molecule has 0 spiro atoms. The molecule has 2 aromatic rings. The number of nitrogens with one attached hydrogen (secondary N) is 2. The molecule has 2 heterocycles. The molecule has 0 aromatic carbocycles. The molecule has 0 aliphatic carbocycles. The number of hydrogen-bond acceptors (Lipinski definition) is 5. The average Bonchev–Trinajstić information content (AvgIpc) is 2.84. The van der Waals surface area contributed by atoms with Crippen LogP contribution < -0.4 is 5.32 Å². The minimum absolute atomic E-state index is 0.102. The summed E-state index contributed by atoms with van der Waals surface area (Å²) in [6, 6.07) is 4.23. The van der Waals surface area contributed by atoms with Gasteiger partial charge in [-0.2, -0.15) is 5.21 Å². The molecule has 15 heavy (non-hydrogen) atoms. The molecule has 7 heteroatoms. The number of rotatable bonds is 4. The molecule has 2 rings (SSSR count). The zero-order valence-corrected chi connectivity index (χ0v) is 10.5. The lowest BCUT2D eigenvalue weighted by atomic mass is 10.3. The number of aromatic amines is 1. The minimum Gasteiger partial charge on any atom is -0.302 e. The van der Waals surface area contributed by atoms with Crippen LogP contribution >= 0.6 is 27.3 Å². The summed E-state index contributed by atoms with van der Waals surface area (Å²) < 4.78 is 1.14. The lowest BCUT2D eigenvalue weighted by Crippen LogP contribution is -2.18. The first-order chi connectivity index (χ1) is 7.25. The largest absolute Gasteiger partial charge is 0.302 e. The van der Waals surface area contributed by atoms with Crippen molar-refractivity contribution in [1.82, 2.24) is 25.9 Å². The molecular formula is C8H10BrN5S. The molecule has 0 fully saturated rings. The molecule has 0 saturated heterocycles. The van der Waals surface area contributed by atoms with Gasteiger partial charge in [0, 0.05) is 11.4 Å². The lowest BCUT2D eigenvalue weighted by Gasteiger charge is -2.07. The normalized spacial score (nSPS) is 12.9. The fourth-order valence-corrected chi connectivity index (χ4v) is 2.58. The summed E-state index contributed by atoms with van der Waals surface area (Å²) >= 11 is 5.15. The summed E-state index contributed by atoms with van der Waals surface area (Å²) in [6.07, 6.45) is 0. The second-order valence-corrected chi connectivity index (χ2v) is 5.63. The van der Waals surface area contributed by atoms with Gasteiger partial charge >= 0.3 is 0 Å². The summed E-state index contributed by atoms with van der Waals surface area (Å²) in [5.41, 5.74) is 0. The van der Waals surface area contributed by atoms with E-state index in [1.54, 1.807) is 11.3 Å². The quantitative estimate of drug-likeness (QED) is 0.901. The van der Waals surface area contributed by atoms with Gasteiger partial charge in [0.1, 0.15) is 0 Å². The predicted molar refractivity (Wildman–Crippen MR) is 61.5 cm³/mol. The van der Waals surface area contributed by atoms with E-state index in [-0.39, 0.29) is 6.04 Å². The third kappa shape index (κ3) is 2.83. The Labute approximate surface area is 99.4 Å². The van der Waals surface area contributed by atoms with Gasteiger partial charge < -0.3 is 5.32 Å². The lowest BCUT2D eigenvalue weighted by molar-refractivity contribution is 0.550. The number of aromatic nitrogens is 4. The summed E-state index contributed by atoms with van der Waals surface area (Å²) in [5, 5.41) is 17.1. The van der Waals surface area contributed by atoms with Crippen LogP contribution in [0, 0.1) is 0 Å². The molecule has 1 unspecified atom stereocenters. The molecule has 0 aliphatic heterocycles. The maximum Gasteiger partial charge on any atom is 0.191 e. The van der Waals surface area contributed by atoms with Crippen LogP contribution in [0.2, 0.25) is 0 Å². The van der Waals surface area contributed by atoms with Crippen LogP contribution in [0.15, 0.2) is 15.9 Å². The Kier molecular flexibility index (Phi) is 3.45. The highest BCUT2D eigenvalue weighted by atomic mass is 79.9. The van der Waals surface area contributed by atoms with Gasteiger partial charge in [0.25, 0.3) is 0 Å². The number of halogens is 1. The van der Waals surface area contributed by atoms with E-state index in [4.69, 9.17) is 0 Å². The van der Waals surface area contributed by atoms with Crippen LogP contribution in [0.4, 0.5) is 0 Å². The Morgan fingerprint density at radius 2 is 2.47 bits per heavy atom. The van der Waals surface area contributed by atoms with Crippen LogP contribution in [0.5, 0.6) is 0 Å². The summed E-state index contributed by atoms with van der Waals surface area (Å²) in [6.45, 7) is 2.82. The first-order valence-corrected chi connectivity index (χ1v) is 6.07. The fourth-order valence-electron chi connectivity index (χ4n) is 1.14. The van der Waals surface area contributed by atoms with Crippen molar-refractivity contribution in [1.29, 1.82) is 0 Å². The Hall–Kier alpha value is -0.790. The monoisotopic (exact) mass is 287 g/mol. The average molecular weight is 288 g/mol. The van der Waals surface area contributed by atoms with E-state index >= 15 is 0 Å². The maximum atomic E-state index is 3.92. The third-order valence-corrected chi connectivity index (χ3v) is 3.58. The Morgan fingerprint density at radius 1 is 1.60 bits per heavy atom. The highest BCUT2D eigenvalue weighted by Crippen LogP contribution is 2.22. The van der Waals surface area contributed by atoms with Gasteiger partial charge in [0.2, 0.25) is 0 Å². The molecule has 5 nitrogen and oxygen atoms in total. The van der Waals surface area contributed by atoms with Gasteiger partial charge in [-0.1, -0.05) is 5.21 Å². The van der Waals surface area contributed by atoms with E-state index in [1.165, 1.54) is 4.88 Å². The van der Waals surface area contributed by atoms with Crippen LogP contribution in [-0.4, -0.2) is 20.6 Å².